The molecule has 2 aliphatic rings. The molecule has 8 nitrogen and oxygen atoms in total. The number of nitrogens with zero attached hydrogens (tertiary/aromatic N) is 2. The number of fused-ring (bicyclic) bond motifs is 1. The van der Waals surface area contributed by atoms with Crippen molar-refractivity contribution in [3.8, 4) is 0 Å². The number of aromatic nitrogens is 1. The number of nitrogens with one attached hydrogen (secondary N) is 1. The van der Waals surface area contributed by atoms with E-state index in [1.807, 2.05) is 0 Å². The molecule has 1 aromatic heterocycles. The van der Waals surface area contributed by atoms with Gasteiger partial charge in [0.15, 0.2) is 0 Å². The van der Waals surface area contributed by atoms with Gasteiger partial charge in [-0.3, -0.25) is 9.59 Å². The summed E-state index contributed by atoms with van der Waals surface area (Å²) in [6.07, 6.45) is 1.96. The fraction of sp³-hybridized carbons (Fsp3) is 0.667. The quantitative estimate of drug-likeness (QED) is 0.841. The molecule has 0 bridgehead atoms. The third-order valence-electron chi connectivity index (χ3n) is 4.83. The lowest BCUT2D eigenvalue weighted by Gasteiger charge is -2.36. The Hall–Kier alpha value is -1.93. The highest BCUT2D eigenvalue weighted by atomic mass is 16.5. The zero-order valence-corrected chi connectivity index (χ0v) is 13.3. The molecule has 8 heteroatoms. The van der Waals surface area contributed by atoms with Crippen LogP contribution < -0.4 is 5.32 Å². The van der Waals surface area contributed by atoms with Gasteiger partial charge in [-0.25, -0.2) is 0 Å². The molecule has 0 radical (unpaired) electrons. The third kappa shape index (κ3) is 2.61. The normalized spacial score (nSPS) is 26.9. The van der Waals surface area contributed by atoms with E-state index in [0.29, 0.717) is 44.0 Å². The Kier molecular flexibility index (Phi) is 4.36. The van der Waals surface area contributed by atoms with E-state index in [0.717, 1.165) is 0 Å². The Morgan fingerprint density at radius 2 is 2.39 bits per heavy atom. The van der Waals surface area contributed by atoms with Crippen molar-refractivity contribution >= 4 is 11.8 Å². The van der Waals surface area contributed by atoms with Gasteiger partial charge in [-0.05, 0) is 6.42 Å². The van der Waals surface area contributed by atoms with E-state index < -0.39 is 5.41 Å². The van der Waals surface area contributed by atoms with Crippen molar-refractivity contribution in [3.63, 3.8) is 0 Å². The lowest BCUT2D eigenvalue weighted by molar-refractivity contribution is -0.138. The van der Waals surface area contributed by atoms with Gasteiger partial charge in [-0.15, -0.1) is 0 Å². The van der Waals surface area contributed by atoms with Gasteiger partial charge in [0.1, 0.15) is 17.5 Å². The van der Waals surface area contributed by atoms with E-state index in [1.165, 1.54) is 13.4 Å². The minimum absolute atomic E-state index is 0.00545. The van der Waals surface area contributed by atoms with Crippen molar-refractivity contribution in [1.82, 2.24) is 15.4 Å². The molecule has 0 aliphatic carbocycles. The van der Waals surface area contributed by atoms with E-state index in [-0.39, 0.29) is 24.3 Å². The summed E-state index contributed by atoms with van der Waals surface area (Å²) in [7, 11) is 3.16. The third-order valence-corrected chi connectivity index (χ3v) is 4.83. The number of hydrogen-bond donors (Lipinski definition) is 1. The summed E-state index contributed by atoms with van der Waals surface area (Å²) in [5, 5.41) is 6.55. The maximum absolute atomic E-state index is 12.8. The topological polar surface area (TPSA) is 93.9 Å². The summed E-state index contributed by atoms with van der Waals surface area (Å²) < 4.78 is 15.5. The van der Waals surface area contributed by atoms with Crippen LogP contribution in [0.15, 0.2) is 10.8 Å². The highest BCUT2D eigenvalue weighted by Gasteiger charge is 2.54. The van der Waals surface area contributed by atoms with E-state index in [1.54, 1.807) is 11.9 Å². The van der Waals surface area contributed by atoms with Crippen LogP contribution in [0.2, 0.25) is 0 Å². The smallest absolute Gasteiger partial charge is 0.259 e. The van der Waals surface area contributed by atoms with E-state index in [4.69, 9.17) is 14.0 Å². The Labute approximate surface area is 134 Å². The summed E-state index contributed by atoms with van der Waals surface area (Å²) in [5.74, 6) is -0.203. The monoisotopic (exact) mass is 323 g/mol. The van der Waals surface area contributed by atoms with Crippen LogP contribution in [0.1, 0.15) is 22.5 Å². The first-order valence-corrected chi connectivity index (χ1v) is 7.63. The van der Waals surface area contributed by atoms with Gasteiger partial charge in [0, 0.05) is 39.8 Å². The van der Waals surface area contributed by atoms with Gasteiger partial charge >= 0.3 is 0 Å². The number of amides is 2. The maximum Gasteiger partial charge on any atom is 0.259 e. The summed E-state index contributed by atoms with van der Waals surface area (Å²) in [6, 6.07) is 0. The summed E-state index contributed by atoms with van der Waals surface area (Å²) >= 11 is 0. The number of hydrogen-bond acceptors (Lipinski definition) is 6. The van der Waals surface area contributed by atoms with Crippen LogP contribution in [0, 0.1) is 11.3 Å². The zero-order chi connectivity index (χ0) is 16.4. The molecule has 23 heavy (non-hydrogen) atoms. The standard InChI is InChI=1S/C15H21N3O5/c1-16-14(20)15-3-4-22-6-10(15)5-18(9-15)13(19)11-7-23-17-12(11)8-21-2/h7,10H,3-6,8-9H2,1-2H3,(H,16,20)/t10-,15+/m1/s1. The molecule has 1 N–H and O–H groups in total. The fourth-order valence-electron chi connectivity index (χ4n) is 3.57. The minimum Gasteiger partial charge on any atom is -0.381 e. The van der Waals surface area contributed by atoms with Gasteiger partial charge in [0.25, 0.3) is 5.91 Å². The molecule has 0 spiro atoms. The molecule has 126 valence electrons. The van der Waals surface area contributed by atoms with E-state index >= 15 is 0 Å². The molecule has 2 amide bonds. The molecule has 2 aliphatic heterocycles. The van der Waals surface area contributed by atoms with Crippen LogP contribution in [-0.4, -0.2) is 62.3 Å². The molecule has 0 unspecified atom stereocenters. The SMILES string of the molecule is CNC(=O)[C@]12CCOC[C@H]1CN(C(=O)c1conc1COC)C2. The fourth-order valence-corrected chi connectivity index (χ4v) is 3.57. The molecule has 1 aromatic rings. The van der Waals surface area contributed by atoms with Crippen LogP contribution in [0.25, 0.3) is 0 Å². The highest BCUT2D eigenvalue weighted by molar-refractivity contribution is 5.96. The Morgan fingerprint density at radius 3 is 3.13 bits per heavy atom. The Bertz CT molecular complexity index is 602. The number of carbonyl (C=O) groups is 2. The summed E-state index contributed by atoms with van der Waals surface area (Å²) in [6.45, 7) is 2.11. The second kappa shape index (κ2) is 6.29. The number of ether oxygens (including phenoxy) is 2. The van der Waals surface area contributed by atoms with Crippen LogP contribution in [0.4, 0.5) is 0 Å². The maximum atomic E-state index is 12.8. The molecule has 3 rings (SSSR count). The molecular formula is C15H21N3O5. The minimum atomic E-state index is -0.568. The predicted octanol–water partition coefficient (Wildman–Crippen LogP) is 0.0457. The second-order valence-corrected chi connectivity index (χ2v) is 6.05. The average Bonchev–Trinajstić information content (AvgIpc) is 3.18. The molecule has 2 fully saturated rings. The van der Waals surface area contributed by atoms with Crippen molar-refractivity contribution < 1.29 is 23.6 Å². The van der Waals surface area contributed by atoms with Crippen LogP contribution in [0.3, 0.4) is 0 Å². The molecule has 3 heterocycles. The van der Waals surface area contributed by atoms with Gasteiger partial charge in [-0.1, -0.05) is 5.16 Å². The van der Waals surface area contributed by atoms with Gasteiger partial charge in [0.05, 0.1) is 18.6 Å². The molecular weight excluding hydrogens is 302 g/mol. The van der Waals surface area contributed by atoms with Crippen molar-refractivity contribution in [1.29, 1.82) is 0 Å². The first kappa shape index (κ1) is 15.9. The number of methoxy groups -OCH3 is 1. The molecule has 2 saturated heterocycles. The van der Waals surface area contributed by atoms with Crippen LogP contribution in [0.5, 0.6) is 0 Å². The van der Waals surface area contributed by atoms with Gasteiger partial charge in [0.2, 0.25) is 5.91 Å². The van der Waals surface area contributed by atoms with Crippen molar-refractivity contribution in [2.75, 3.05) is 40.5 Å². The van der Waals surface area contributed by atoms with Crippen molar-refractivity contribution in [2.45, 2.75) is 13.0 Å². The largest absolute Gasteiger partial charge is 0.381 e. The Morgan fingerprint density at radius 1 is 1.57 bits per heavy atom. The zero-order valence-electron chi connectivity index (χ0n) is 13.3. The van der Waals surface area contributed by atoms with E-state index in [2.05, 4.69) is 10.5 Å². The lowest BCUT2D eigenvalue weighted by Crippen LogP contribution is -2.49. The van der Waals surface area contributed by atoms with Crippen molar-refractivity contribution in [2.24, 2.45) is 11.3 Å². The predicted molar refractivity (Wildman–Crippen MR) is 78.5 cm³/mol. The summed E-state index contributed by atoms with van der Waals surface area (Å²) in [5.41, 5.74) is 0.289. The number of likely N-dealkylation sites (tertiary alicyclic amines) is 1. The Balaban J connectivity index is 1.83. The summed E-state index contributed by atoms with van der Waals surface area (Å²) in [4.78, 5) is 26.9. The second-order valence-electron chi connectivity index (χ2n) is 6.05. The van der Waals surface area contributed by atoms with E-state index in [9.17, 15) is 9.59 Å². The van der Waals surface area contributed by atoms with Crippen LogP contribution in [-0.2, 0) is 20.9 Å². The van der Waals surface area contributed by atoms with Gasteiger partial charge in [-0.2, -0.15) is 0 Å². The average molecular weight is 323 g/mol. The number of rotatable bonds is 4. The van der Waals surface area contributed by atoms with Crippen molar-refractivity contribution in [3.05, 3.63) is 17.5 Å². The molecule has 2 atom stereocenters. The molecule has 0 aromatic carbocycles. The highest BCUT2D eigenvalue weighted by Crippen LogP contribution is 2.42. The first-order chi connectivity index (χ1) is 11.1. The first-order valence-electron chi connectivity index (χ1n) is 7.63. The lowest BCUT2D eigenvalue weighted by atomic mass is 9.73. The molecule has 0 saturated carbocycles. The number of carbonyl (C=O) groups excluding carboxylic acids is 2. The van der Waals surface area contributed by atoms with Crippen LogP contribution >= 0.6 is 0 Å². The van der Waals surface area contributed by atoms with Gasteiger partial charge < -0.3 is 24.2 Å².